The molecule has 0 fully saturated rings. The van der Waals surface area contributed by atoms with E-state index in [1.54, 1.807) is 35.1 Å². The van der Waals surface area contributed by atoms with Gasteiger partial charge in [0.25, 0.3) is 5.91 Å². The zero-order valence-corrected chi connectivity index (χ0v) is 14.6. The van der Waals surface area contributed by atoms with Gasteiger partial charge < -0.3 is 5.32 Å². The molecule has 24 heavy (non-hydrogen) atoms. The third-order valence-electron chi connectivity index (χ3n) is 3.33. The molecule has 0 unspecified atom stereocenters. The highest BCUT2D eigenvalue weighted by Crippen LogP contribution is 2.22. The lowest BCUT2D eigenvalue weighted by atomic mass is 10.2. The number of anilines is 1. The Balaban J connectivity index is 1.75. The predicted octanol–water partition coefficient (Wildman–Crippen LogP) is 5.14. The first kappa shape index (κ1) is 16.8. The lowest BCUT2D eigenvalue weighted by Gasteiger charge is -2.05. The monoisotopic (exact) mass is 379 g/mol. The standard InChI is InChI=1S/C17H12Cl3N3O/c18-12-7-5-11(6-8-12)9-23-10-15(20)16(22-23)21-17(24)13-3-1-2-4-14(13)19/h1-8,10H,9H2,(H,21,22,24). The third-order valence-corrected chi connectivity index (χ3v) is 4.18. The van der Waals surface area contributed by atoms with Crippen molar-refractivity contribution >= 4 is 46.5 Å². The summed E-state index contributed by atoms with van der Waals surface area (Å²) in [5, 5.41) is 8.36. The van der Waals surface area contributed by atoms with Crippen molar-refractivity contribution in [2.24, 2.45) is 0 Å². The van der Waals surface area contributed by atoms with Gasteiger partial charge in [-0.2, -0.15) is 5.10 Å². The van der Waals surface area contributed by atoms with E-state index in [9.17, 15) is 4.79 Å². The van der Waals surface area contributed by atoms with E-state index in [2.05, 4.69) is 10.4 Å². The minimum absolute atomic E-state index is 0.288. The lowest BCUT2D eigenvalue weighted by Crippen LogP contribution is -2.13. The molecular formula is C17H12Cl3N3O. The van der Waals surface area contributed by atoms with Crippen LogP contribution in [0.15, 0.2) is 54.7 Å². The van der Waals surface area contributed by atoms with Crippen LogP contribution in [-0.2, 0) is 6.54 Å². The van der Waals surface area contributed by atoms with Crippen LogP contribution in [-0.4, -0.2) is 15.7 Å². The van der Waals surface area contributed by atoms with Crippen molar-refractivity contribution in [2.75, 3.05) is 5.32 Å². The number of benzene rings is 2. The number of halogens is 3. The molecule has 0 saturated heterocycles. The van der Waals surface area contributed by atoms with Gasteiger partial charge in [-0.05, 0) is 29.8 Å². The largest absolute Gasteiger partial charge is 0.304 e. The number of carbonyl (C=O) groups is 1. The van der Waals surface area contributed by atoms with Crippen LogP contribution in [0.1, 0.15) is 15.9 Å². The Morgan fingerprint density at radius 1 is 1.00 bits per heavy atom. The lowest BCUT2D eigenvalue weighted by molar-refractivity contribution is 0.102. The van der Waals surface area contributed by atoms with Crippen molar-refractivity contribution in [2.45, 2.75) is 6.54 Å². The highest BCUT2D eigenvalue weighted by Gasteiger charge is 2.14. The Hall–Kier alpha value is -2.01. The van der Waals surface area contributed by atoms with Crippen LogP contribution in [0, 0.1) is 0 Å². The molecule has 4 nitrogen and oxygen atoms in total. The molecule has 0 atom stereocenters. The number of amides is 1. The van der Waals surface area contributed by atoms with Crippen LogP contribution in [0.25, 0.3) is 0 Å². The van der Waals surface area contributed by atoms with Crippen LogP contribution in [0.3, 0.4) is 0 Å². The number of nitrogens with zero attached hydrogens (tertiary/aromatic N) is 2. The van der Waals surface area contributed by atoms with E-state index in [0.717, 1.165) is 5.56 Å². The molecule has 0 bridgehead atoms. The second-order valence-corrected chi connectivity index (χ2v) is 6.33. The molecule has 3 aromatic rings. The van der Waals surface area contributed by atoms with Crippen LogP contribution >= 0.6 is 34.8 Å². The van der Waals surface area contributed by atoms with Gasteiger partial charge in [0.05, 0.1) is 17.1 Å². The SMILES string of the molecule is O=C(Nc1nn(Cc2ccc(Cl)cc2)cc1Cl)c1ccccc1Cl. The average molecular weight is 381 g/mol. The summed E-state index contributed by atoms with van der Waals surface area (Å²) in [6.07, 6.45) is 1.65. The number of nitrogens with one attached hydrogen (secondary N) is 1. The van der Waals surface area contributed by atoms with Crippen molar-refractivity contribution in [3.63, 3.8) is 0 Å². The van der Waals surface area contributed by atoms with Crippen LogP contribution in [0.4, 0.5) is 5.82 Å². The van der Waals surface area contributed by atoms with E-state index < -0.39 is 0 Å². The maximum Gasteiger partial charge on any atom is 0.258 e. The van der Waals surface area contributed by atoms with Gasteiger partial charge in [-0.1, -0.05) is 59.1 Å². The van der Waals surface area contributed by atoms with Crippen molar-refractivity contribution in [3.05, 3.63) is 80.9 Å². The van der Waals surface area contributed by atoms with Crippen molar-refractivity contribution in [1.29, 1.82) is 0 Å². The van der Waals surface area contributed by atoms with Gasteiger partial charge in [-0.25, -0.2) is 0 Å². The first-order valence-corrected chi connectivity index (χ1v) is 8.19. The molecule has 2 aromatic carbocycles. The molecule has 0 saturated carbocycles. The fourth-order valence-corrected chi connectivity index (χ4v) is 2.71. The molecular weight excluding hydrogens is 369 g/mol. The summed E-state index contributed by atoms with van der Waals surface area (Å²) in [5.74, 6) is -0.0743. The smallest absolute Gasteiger partial charge is 0.258 e. The first-order chi connectivity index (χ1) is 11.5. The second kappa shape index (κ2) is 7.26. The van der Waals surface area contributed by atoms with E-state index in [-0.39, 0.29) is 11.7 Å². The van der Waals surface area contributed by atoms with Crippen LogP contribution < -0.4 is 5.32 Å². The zero-order valence-electron chi connectivity index (χ0n) is 12.3. The number of hydrogen-bond acceptors (Lipinski definition) is 2. The van der Waals surface area contributed by atoms with E-state index in [1.807, 2.05) is 24.3 Å². The first-order valence-electron chi connectivity index (χ1n) is 7.06. The topological polar surface area (TPSA) is 46.9 Å². The highest BCUT2D eigenvalue weighted by atomic mass is 35.5. The quantitative estimate of drug-likeness (QED) is 0.681. The normalized spacial score (nSPS) is 10.6. The summed E-state index contributed by atoms with van der Waals surface area (Å²) in [4.78, 5) is 12.3. The fourth-order valence-electron chi connectivity index (χ4n) is 2.16. The number of aromatic nitrogens is 2. The third kappa shape index (κ3) is 3.90. The van der Waals surface area contributed by atoms with Gasteiger partial charge in [0.1, 0.15) is 5.02 Å². The zero-order chi connectivity index (χ0) is 17.1. The van der Waals surface area contributed by atoms with E-state index in [1.165, 1.54) is 0 Å². The van der Waals surface area contributed by atoms with E-state index in [0.29, 0.717) is 27.2 Å². The molecule has 0 aliphatic heterocycles. The number of hydrogen-bond donors (Lipinski definition) is 1. The summed E-state index contributed by atoms with van der Waals surface area (Å²) in [6, 6.07) is 14.2. The van der Waals surface area contributed by atoms with Crippen LogP contribution in [0.5, 0.6) is 0 Å². The summed E-state index contributed by atoms with van der Waals surface area (Å²) in [6.45, 7) is 0.513. The van der Waals surface area contributed by atoms with Gasteiger partial charge in [-0.15, -0.1) is 0 Å². The molecule has 0 aliphatic carbocycles. The molecule has 0 radical (unpaired) electrons. The number of carbonyl (C=O) groups excluding carboxylic acids is 1. The van der Waals surface area contributed by atoms with Gasteiger partial charge in [0, 0.05) is 11.2 Å². The van der Waals surface area contributed by atoms with E-state index >= 15 is 0 Å². The van der Waals surface area contributed by atoms with Crippen LogP contribution in [0.2, 0.25) is 15.1 Å². The average Bonchev–Trinajstić information content (AvgIpc) is 2.89. The molecule has 122 valence electrons. The molecule has 1 aromatic heterocycles. The molecule has 0 spiro atoms. The van der Waals surface area contributed by atoms with E-state index in [4.69, 9.17) is 34.8 Å². The maximum atomic E-state index is 12.3. The molecule has 0 aliphatic rings. The highest BCUT2D eigenvalue weighted by molar-refractivity contribution is 6.35. The Kier molecular flexibility index (Phi) is 5.09. The Morgan fingerprint density at radius 2 is 1.71 bits per heavy atom. The summed E-state index contributed by atoms with van der Waals surface area (Å²) < 4.78 is 1.65. The van der Waals surface area contributed by atoms with Gasteiger partial charge in [0.2, 0.25) is 0 Å². The minimum Gasteiger partial charge on any atom is -0.304 e. The summed E-state index contributed by atoms with van der Waals surface area (Å²) >= 11 is 18.0. The summed E-state index contributed by atoms with van der Waals surface area (Å²) in [5.41, 5.74) is 1.38. The Labute approximate surface area is 154 Å². The molecule has 1 amide bonds. The van der Waals surface area contributed by atoms with Gasteiger partial charge in [0.15, 0.2) is 5.82 Å². The Bertz CT molecular complexity index is 875. The van der Waals surface area contributed by atoms with Crippen molar-refractivity contribution < 1.29 is 4.79 Å². The van der Waals surface area contributed by atoms with Crippen molar-refractivity contribution in [1.82, 2.24) is 9.78 Å². The van der Waals surface area contributed by atoms with Gasteiger partial charge >= 0.3 is 0 Å². The minimum atomic E-state index is -0.362. The van der Waals surface area contributed by atoms with Crippen molar-refractivity contribution in [3.8, 4) is 0 Å². The predicted molar refractivity (Wildman–Crippen MR) is 97.2 cm³/mol. The second-order valence-electron chi connectivity index (χ2n) is 5.08. The molecule has 1 N–H and O–H groups in total. The molecule has 7 heteroatoms. The van der Waals surface area contributed by atoms with Gasteiger partial charge in [-0.3, -0.25) is 9.48 Å². The fraction of sp³-hybridized carbons (Fsp3) is 0.0588. The molecule has 1 heterocycles. The summed E-state index contributed by atoms with van der Waals surface area (Å²) in [7, 11) is 0. The maximum absolute atomic E-state index is 12.3. The molecule has 3 rings (SSSR count). The number of rotatable bonds is 4. The Morgan fingerprint density at radius 3 is 2.42 bits per heavy atom.